The van der Waals surface area contributed by atoms with Crippen LogP contribution in [0.4, 0.5) is 9.41 Å². The van der Waals surface area contributed by atoms with Crippen LogP contribution in [-0.4, -0.2) is 40.2 Å². The lowest BCUT2D eigenvalue weighted by atomic mass is 16.0. The molecule has 0 saturated carbocycles. The zero-order valence-corrected chi connectivity index (χ0v) is 1.32. The molecule has 0 radical (unpaired) electrons. The first kappa shape index (κ1) is 179. The van der Waals surface area contributed by atoms with Crippen LogP contribution >= 0.6 is 0 Å². The summed E-state index contributed by atoms with van der Waals surface area (Å²) in [6, 6.07) is 0. The second kappa shape index (κ2) is 94.1. The molecule has 0 amide bonds. The van der Waals surface area contributed by atoms with E-state index in [1.807, 2.05) is 0 Å². The standard InChI is InChI=1S/2Al.2FH.H2O.6H/h;;2*1H;1H2;;;;;;. The van der Waals surface area contributed by atoms with E-state index in [4.69, 9.17) is 0 Å². The largest absolute Gasteiger partial charge is 0.412 e. The fraction of sp³-hybridized carbons (Fsp3) is 0. The molecule has 0 rings (SSSR count). The minimum Gasteiger partial charge on any atom is -0.412 e. The summed E-state index contributed by atoms with van der Waals surface area (Å²) in [5.41, 5.74) is 0. The van der Waals surface area contributed by atoms with E-state index in [1.165, 1.54) is 0 Å². The van der Waals surface area contributed by atoms with E-state index in [0.29, 0.717) is 0 Å². The molecule has 0 aliphatic heterocycles. The highest BCUT2D eigenvalue weighted by molar-refractivity contribution is 5.76. The van der Waals surface area contributed by atoms with E-state index < -0.39 is 0 Å². The molecule has 0 bridgehead atoms. The van der Waals surface area contributed by atoms with Crippen LogP contribution in [0.1, 0.15) is 0 Å². The van der Waals surface area contributed by atoms with Crippen molar-refractivity contribution in [1.29, 1.82) is 0 Å². The smallest absolute Gasteiger partial charge is 0.187 e. The zero-order chi connectivity index (χ0) is 0. The molecule has 0 aromatic carbocycles. The first-order valence-electron chi connectivity index (χ1n) is 0. The van der Waals surface area contributed by atoms with Crippen LogP contribution in [0.5, 0.6) is 0 Å². The Bertz CT molecular complexity index is 7.61. The van der Waals surface area contributed by atoms with Crippen molar-refractivity contribution < 1.29 is 14.9 Å². The van der Waals surface area contributed by atoms with Crippen molar-refractivity contribution in [3.05, 3.63) is 0 Å². The number of halogens is 2. The average Bonchev–Trinajstić information content (AvgIpc) is 0. The second-order valence-corrected chi connectivity index (χ2v) is 0. The van der Waals surface area contributed by atoms with E-state index in [0.717, 1.165) is 0 Å². The van der Waals surface area contributed by atoms with Gasteiger partial charge in [-0.1, -0.05) is 0 Å². The van der Waals surface area contributed by atoms with Crippen molar-refractivity contribution in [2.75, 3.05) is 0 Å². The fourth-order valence-electron chi connectivity index (χ4n) is 0. The lowest BCUT2D eigenvalue weighted by molar-refractivity contribution is 0.824. The quantitative estimate of drug-likeness (QED) is 0.306. The van der Waals surface area contributed by atoms with Gasteiger partial charge in [-0.2, -0.15) is 0 Å². The van der Waals surface area contributed by atoms with Gasteiger partial charge in [0, 0.05) is 0 Å². The Morgan fingerprint density at radius 3 is 0.600 bits per heavy atom. The zero-order valence-electron chi connectivity index (χ0n) is 1.32. The van der Waals surface area contributed by atoms with E-state index >= 15 is 0 Å². The van der Waals surface area contributed by atoms with Crippen LogP contribution < -0.4 is 0 Å². The molecule has 0 aliphatic carbocycles. The maximum absolute atomic E-state index is 0. The van der Waals surface area contributed by atoms with Crippen molar-refractivity contribution in [2.24, 2.45) is 0 Å². The summed E-state index contributed by atoms with van der Waals surface area (Å²) in [6.07, 6.45) is 0. The van der Waals surface area contributed by atoms with Gasteiger partial charge in [0.15, 0.2) is 34.7 Å². The van der Waals surface area contributed by atoms with Crippen LogP contribution in [0.25, 0.3) is 0 Å². The summed E-state index contributed by atoms with van der Waals surface area (Å²) in [7, 11) is 0. The molecule has 0 aromatic heterocycles. The molecule has 0 saturated heterocycles. The Hall–Kier alpha value is 0.885. The average molecular weight is 118 g/mol. The fourth-order valence-corrected chi connectivity index (χ4v) is 0. The third-order valence-electron chi connectivity index (χ3n) is 0. The molecule has 2 N–H and O–H groups in total. The van der Waals surface area contributed by atoms with Gasteiger partial charge < -0.3 is 5.48 Å². The van der Waals surface area contributed by atoms with E-state index in [-0.39, 0.29) is 49.6 Å². The Kier molecular flexibility index (Phi) is 3380. The molecule has 0 fully saturated rings. The van der Waals surface area contributed by atoms with Gasteiger partial charge in [-0.25, -0.2) is 0 Å². The van der Waals surface area contributed by atoms with E-state index in [1.54, 1.807) is 0 Å². The van der Waals surface area contributed by atoms with Gasteiger partial charge in [0.05, 0.1) is 0 Å². The van der Waals surface area contributed by atoms with Gasteiger partial charge in [0.2, 0.25) is 0 Å². The highest BCUT2D eigenvalue weighted by Gasteiger charge is 0.188. The van der Waals surface area contributed by atoms with Gasteiger partial charge in [0.1, 0.15) is 0 Å². The van der Waals surface area contributed by atoms with Gasteiger partial charge in [-0.15, -0.1) is 0 Å². The third kappa shape index (κ3) is 51.9. The molecule has 0 aromatic rings. The summed E-state index contributed by atoms with van der Waals surface area (Å²) in [4.78, 5) is 0. The predicted octanol–water partition coefficient (Wildman–Crippen LogP) is -2.89. The maximum atomic E-state index is 0. The molecule has 0 aliphatic rings. The Morgan fingerprint density at radius 1 is 0.600 bits per heavy atom. The summed E-state index contributed by atoms with van der Waals surface area (Å²) in [6.45, 7) is 0. The minimum atomic E-state index is 0. The molecule has 5 heteroatoms. The first-order chi connectivity index (χ1) is 0. The van der Waals surface area contributed by atoms with Gasteiger partial charge in [-0.3, -0.25) is 9.41 Å². The summed E-state index contributed by atoms with van der Waals surface area (Å²) >= 11 is 0. The first-order valence-corrected chi connectivity index (χ1v) is 0. The minimum absolute atomic E-state index is 0. The molecule has 0 atom stereocenters. The monoisotopic (exact) mass is 118 g/mol. The Labute approximate surface area is 50.1 Å². The van der Waals surface area contributed by atoms with Gasteiger partial charge in [-0.05, 0) is 0 Å². The lowest BCUT2D eigenvalue weighted by Gasteiger charge is -0.412. The Morgan fingerprint density at radius 2 is 0.600 bits per heavy atom. The summed E-state index contributed by atoms with van der Waals surface area (Å²) in [5.74, 6) is 0. The van der Waals surface area contributed by atoms with Crippen LogP contribution in [0.2, 0.25) is 0 Å². The highest BCUT2D eigenvalue weighted by Crippen LogP contribution is 0.421. The molecule has 1 nitrogen and oxygen atoms in total. The Balaban J connectivity index is 0. The molecular formula is H10Al2F2O. The van der Waals surface area contributed by atoms with Crippen LogP contribution in [-0.2, 0) is 0 Å². The molecule has 36 valence electrons. The van der Waals surface area contributed by atoms with Crippen LogP contribution in [0, 0.1) is 0 Å². The topological polar surface area (TPSA) is 31.5 Å². The van der Waals surface area contributed by atoms with Crippen molar-refractivity contribution in [3.63, 3.8) is 0 Å². The highest BCUT2D eigenvalue weighted by atomic mass is 27.0. The van der Waals surface area contributed by atoms with Crippen LogP contribution in [0.15, 0.2) is 0 Å². The van der Waals surface area contributed by atoms with Gasteiger partial charge >= 0.3 is 0 Å². The number of hydrogen-bond donors (Lipinski definition) is 0. The predicted molar refractivity (Wildman–Crippen MR) is 28.5 cm³/mol. The van der Waals surface area contributed by atoms with Gasteiger partial charge in [0.25, 0.3) is 0 Å². The second-order valence-electron chi connectivity index (χ2n) is 0. The van der Waals surface area contributed by atoms with Crippen molar-refractivity contribution in [3.8, 4) is 0 Å². The lowest BCUT2D eigenvalue weighted by Crippen LogP contribution is -0.382. The number of rotatable bonds is 0. The van der Waals surface area contributed by atoms with Crippen LogP contribution in [0.3, 0.4) is 0 Å². The molecule has 5 heavy (non-hydrogen) atoms. The van der Waals surface area contributed by atoms with Crippen molar-refractivity contribution >= 4 is 34.7 Å². The van der Waals surface area contributed by atoms with E-state index in [2.05, 4.69) is 0 Å². The SMILES string of the molecule is F.F.O.[AlH3].[AlH3]. The van der Waals surface area contributed by atoms with E-state index in [9.17, 15) is 0 Å². The van der Waals surface area contributed by atoms with Crippen molar-refractivity contribution in [2.45, 2.75) is 0 Å². The normalized spacial score (nSPS) is 0. The summed E-state index contributed by atoms with van der Waals surface area (Å²) < 4.78 is 0. The molecule has 0 heterocycles. The molecule has 0 unspecified atom stereocenters. The third-order valence-corrected chi connectivity index (χ3v) is 0. The summed E-state index contributed by atoms with van der Waals surface area (Å²) in [5, 5.41) is 0. The molecular weight excluding hydrogens is 108 g/mol. The maximum Gasteiger partial charge on any atom is 0.187 e. The molecule has 0 spiro atoms. The van der Waals surface area contributed by atoms with Crippen molar-refractivity contribution in [1.82, 2.24) is 0 Å². The number of hydrogen-bond acceptors (Lipinski definition) is 0.